The molecule has 6 nitrogen and oxygen atoms in total. The van der Waals surface area contributed by atoms with E-state index in [9.17, 15) is 8.78 Å². The normalized spacial score (nSPS) is 18.1. The van der Waals surface area contributed by atoms with Gasteiger partial charge >= 0.3 is 0 Å². The summed E-state index contributed by atoms with van der Waals surface area (Å²) in [5.74, 6) is -1.29. The Labute approximate surface area is 190 Å². The van der Waals surface area contributed by atoms with Crippen molar-refractivity contribution in [1.29, 1.82) is 0 Å². The molecule has 1 saturated heterocycles. The average molecular weight is 450 g/mol. The topological polar surface area (TPSA) is 65.7 Å². The lowest BCUT2D eigenvalue weighted by Gasteiger charge is -2.21. The number of benzene rings is 1. The molecule has 1 saturated carbocycles. The van der Waals surface area contributed by atoms with Crippen molar-refractivity contribution in [3.05, 3.63) is 71.9 Å². The standard InChI is InChI=1S/C14H9F2N3.C11H16N2O/c1-8-7-18-14-12(19-8)4-5-17-13(14)10-3-2-9(15)6-11(10)16;1-2-6-14-11(3-1)9-7-12-13(8-9)10-4-5-10/h2-7H,1H3;7-8,10-11H,1-6H2. The molecule has 2 fully saturated rings. The first-order valence-corrected chi connectivity index (χ1v) is 11.3. The Balaban J connectivity index is 0.000000144. The van der Waals surface area contributed by atoms with Crippen LogP contribution in [-0.4, -0.2) is 31.3 Å². The number of hydrogen-bond acceptors (Lipinski definition) is 5. The largest absolute Gasteiger partial charge is 0.373 e. The Hall–Kier alpha value is -3.26. The average Bonchev–Trinajstić information content (AvgIpc) is 3.56. The van der Waals surface area contributed by atoms with Gasteiger partial charge in [0.05, 0.1) is 29.6 Å². The molecule has 4 heterocycles. The molecular formula is C25H25F2N5O. The van der Waals surface area contributed by atoms with E-state index < -0.39 is 11.6 Å². The highest BCUT2D eigenvalue weighted by molar-refractivity contribution is 5.88. The van der Waals surface area contributed by atoms with Gasteiger partial charge in [-0.05, 0) is 57.2 Å². The maximum Gasteiger partial charge on any atom is 0.135 e. The van der Waals surface area contributed by atoms with Gasteiger partial charge in [-0.3, -0.25) is 14.6 Å². The van der Waals surface area contributed by atoms with Crippen LogP contribution in [0.2, 0.25) is 0 Å². The van der Waals surface area contributed by atoms with E-state index in [2.05, 4.69) is 30.9 Å². The first-order chi connectivity index (χ1) is 16.1. The number of nitrogens with zero attached hydrogens (tertiary/aromatic N) is 5. The zero-order chi connectivity index (χ0) is 22.8. The number of aryl methyl sites for hydroxylation is 1. The Morgan fingerprint density at radius 3 is 2.67 bits per heavy atom. The lowest BCUT2D eigenvalue weighted by atomic mass is 10.0. The molecule has 0 N–H and O–H groups in total. The first kappa shape index (κ1) is 21.6. The number of hydrogen-bond donors (Lipinski definition) is 0. The summed E-state index contributed by atoms with van der Waals surface area (Å²) in [4.78, 5) is 12.7. The maximum atomic E-state index is 13.8. The summed E-state index contributed by atoms with van der Waals surface area (Å²) in [6.07, 6.45) is 13.9. The Morgan fingerprint density at radius 1 is 1.03 bits per heavy atom. The number of aromatic nitrogens is 5. The van der Waals surface area contributed by atoms with E-state index in [1.807, 2.05) is 13.1 Å². The zero-order valence-electron chi connectivity index (χ0n) is 18.4. The van der Waals surface area contributed by atoms with E-state index in [-0.39, 0.29) is 5.56 Å². The summed E-state index contributed by atoms with van der Waals surface area (Å²) in [6.45, 7) is 2.74. The van der Waals surface area contributed by atoms with E-state index in [4.69, 9.17) is 4.74 Å². The van der Waals surface area contributed by atoms with E-state index in [0.717, 1.165) is 24.8 Å². The molecule has 0 bridgehead atoms. The molecule has 0 radical (unpaired) electrons. The van der Waals surface area contributed by atoms with E-state index in [0.29, 0.717) is 28.9 Å². The fourth-order valence-corrected chi connectivity index (χ4v) is 3.98. The van der Waals surface area contributed by atoms with Gasteiger partial charge in [-0.1, -0.05) is 0 Å². The van der Waals surface area contributed by atoms with E-state index in [1.165, 1.54) is 49.6 Å². The van der Waals surface area contributed by atoms with Crippen molar-refractivity contribution in [1.82, 2.24) is 24.7 Å². The molecule has 4 aromatic rings. The summed E-state index contributed by atoms with van der Waals surface area (Å²) >= 11 is 0. The van der Waals surface area contributed by atoms with Crippen LogP contribution < -0.4 is 0 Å². The molecule has 0 spiro atoms. The fraction of sp³-hybridized carbons (Fsp3) is 0.360. The predicted octanol–water partition coefficient (Wildman–Crippen LogP) is 5.74. The minimum Gasteiger partial charge on any atom is -0.373 e. The maximum absolute atomic E-state index is 13.8. The molecular weight excluding hydrogens is 424 g/mol. The highest BCUT2D eigenvalue weighted by atomic mass is 19.1. The third kappa shape index (κ3) is 4.90. The molecule has 1 unspecified atom stereocenters. The van der Waals surface area contributed by atoms with Crippen molar-refractivity contribution in [2.75, 3.05) is 6.61 Å². The Bertz CT molecular complexity index is 1260. The van der Waals surface area contributed by atoms with Gasteiger partial charge in [0, 0.05) is 42.4 Å². The summed E-state index contributed by atoms with van der Waals surface area (Å²) < 4.78 is 34.6. The van der Waals surface area contributed by atoms with Crippen LogP contribution in [0, 0.1) is 18.6 Å². The van der Waals surface area contributed by atoms with Crippen LogP contribution in [0.5, 0.6) is 0 Å². The van der Waals surface area contributed by atoms with Crippen LogP contribution in [0.1, 0.15) is 55.5 Å². The lowest BCUT2D eigenvalue weighted by Crippen LogP contribution is -2.10. The zero-order valence-corrected chi connectivity index (χ0v) is 18.4. The molecule has 1 aliphatic carbocycles. The highest BCUT2D eigenvalue weighted by Crippen LogP contribution is 2.36. The lowest BCUT2D eigenvalue weighted by molar-refractivity contribution is 0.0149. The van der Waals surface area contributed by atoms with Gasteiger partial charge in [0.1, 0.15) is 22.8 Å². The first-order valence-electron chi connectivity index (χ1n) is 11.3. The number of pyridine rings is 1. The number of rotatable bonds is 3. The van der Waals surface area contributed by atoms with Crippen LogP contribution >= 0.6 is 0 Å². The monoisotopic (exact) mass is 449 g/mol. The van der Waals surface area contributed by atoms with Crippen LogP contribution in [0.15, 0.2) is 49.1 Å². The number of fused-ring (bicyclic) bond motifs is 1. The third-order valence-electron chi connectivity index (χ3n) is 5.86. The van der Waals surface area contributed by atoms with Crippen molar-refractivity contribution in [3.8, 4) is 11.3 Å². The molecule has 8 heteroatoms. The van der Waals surface area contributed by atoms with Gasteiger partial charge in [-0.2, -0.15) is 5.10 Å². The number of halogens is 2. The summed E-state index contributed by atoms with van der Waals surface area (Å²) in [5, 5.41) is 4.39. The summed E-state index contributed by atoms with van der Waals surface area (Å²) in [7, 11) is 0. The van der Waals surface area contributed by atoms with Crippen LogP contribution in [0.4, 0.5) is 8.78 Å². The number of ether oxygens (including phenoxy) is 1. The molecule has 170 valence electrons. The molecule has 33 heavy (non-hydrogen) atoms. The highest BCUT2D eigenvalue weighted by Gasteiger charge is 2.26. The molecule has 6 rings (SSSR count). The Kier molecular flexibility index (Phi) is 6.09. The van der Waals surface area contributed by atoms with Crippen LogP contribution in [-0.2, 0) is 4.74 Å². The van der Waals surface area contributed by atoms with Gasteiger partial charge < -0.3 is 4.74 Å². The Morgan fingerprint density at radius 2 is 1.91 bits per heavy atom. The van der Waals surface area contributed by atoms with E-state index >= 15 is 0 Å². The molecule has 3 aromatic heterocycles. The summed E-state index contributed by atoms with van der Waals surface area (Å²) in [6, 6.07) is 5.78. The molecule has 2 aliphatic rings. The third-order valence-corrected chi connectivity index (χ3v) is 5.86. The molecule has 1 aromatic carbocycles. The minimum atomic E-state index is -0.664. The second-order valence-electron chi connectivity index (χ2n) is 8.50. The summed E-state index contributed by atoms with van der Waals surface area (Å²) in [5.41, 5.74) is 3.75. The van der Waals surface area contributed by atoms with Crippen molar-refractivity contribution in [3.63, 3.8) is 0 Å². The van der Waals surface area contributed by atoms with Gasteiger partial charge in [-0.15, -0.1) is 0 Å². The van der Waals surface area contributed by atoms with E-state index in [1.54, 1.807) is 12.3 Å². The van der Waals surface area contributed by atoms with Crippen molar-refractivity contribution in [2.24, 2.45) is 0 Å². The van der Waals surface area contributed by atoms with Gasteiger partial charge in [-0.25, -0.2) is 13.8 Å². The van der Waals surface area contributed by atoms with Crippen molar-refractivity contribution >= 4 is 11.0 Å². The molecule has 0 amide bonds. The van der Waals surface area contributed by atoms with Gasteiger partial charge in [0.25, 0.3) is 0 Å². The molecule has 1 atom stereocenters. The SMILES string of the molecule is Cc1cnc2c(-c3ccc(F)cc3F)nccc2n1.c1nn(C2CC2)cc1C1CCCCO1. The smallest absolute Gasteiger partial charge is 0.135 e. The van der Waals surface area contributed by atoms with Crippen molar-refractivity contribution in [2.45, 2.75) is 51.2 Å². The van der Waals surface area contributed by atoms with Crippen LogP contribution in [0.3, 0.4) is 0 Å². The molecule has 1 aliphatic heterocycles. The second kappa shape index (κ2) is 9.31. The minimum absolute atomic E-state index is 0.213. The quantitative estimate of drug-likeness (QED) is 0.399. The second-order valence-corrected chi connectivity index (χ2v) is 8.50. The van der Waals surface area contributed by atoms with Gasteiger partial charge in [0.2, 0.25) is 0 Å². The van der Waals surface area contributed by atoms with Gasteiger partial charge in [0.15, 0.2) is 0 Å². The van der Waals surface area contributed by atoms with Crippen LogP contribution in [0.25, 0.3) is 22.3 Å². The predicted molar refractivity (Wildman–Crippen MR) is 120 cm³/mol. The fourth-order valence-electron chi connectivity index (χ4n) is 3.98. The van der Waals surface area contributed by atoms with Crippen molar-refractivity contribution < 1.29 is 13.5 Å².